The summed E-state index contributed by atoms with van der Waals surface area (Å²) >= 11 is 6.97. The smallest absolute Gasteiger partial charge is 0.215 e. The summed E-state index contributed by atoms with van der Waals surface area (Å²) in [5.41, 5.74) is 6.02. The van der Waals surface area contributed by atoms with Gasteiger partial charge in [-0.15, -0.1) is 5.10 Å². The predicted molar refractivity (Wildman–Crippen MR) is 54.4 cm³/mol. The lowest BCUT2D eigenvalue weighted by molar-refractivity contribution is 0.664. The molecule has 0 amide bonds. The molecule has 0 aliphatic rings. The lowest BCUT2D eigenvalue weighted by atomic mass is 10.6. The normalized spacial score (nSPS) is 10.5. The van der Waals surface area contributed by atoms with Crippen molar-refractivity contribution >= 4 is 29.1 Å². The molecule has 0 aliphatic heterocycles. The third kappa shape index (κ3) is 2.00. The van der Waals surface area contributed by atoms with Crippen LogP contribution in [0.4, 0.5) is 5.69 Å². The average Bonchev–Trinajstić information content (AvgIpc) is 2.60. The molecule has 2 rings (SSSR count). The van der Waals surface area contributed by atoms with E-state index in [4.69, 9.17) is 17.3 Å². The molecule has 0 saturated heterocycles. The largest absolute Gasteiger partial charge is 0.394 e. The van der Waals surface area contributed by atoms with Crippen LogP contribution in [0.2, 0.25) is 5.15 Å². The van der Waals surface area contributed by atoms with E-state index in [0.717, 1.165) is 0 Å². The number of nitrogens with two attached hydrogens (primary N) is 1. The van der Waals surface area contributed by atoms with Crippen LogP contribution < -0.4 is 5.73 Å². The van der Waals surface area contributed by atoms with Crippen molar-refractivity contribution < 1.29 is 0 Å². The van der Waals surface area contributed by atoms with Gasteiger partial charge in [0.25, 0.3) is 0 Å². The zero-order chi connectivity index (χ0) is 10.8. The number of aryl methyl sites for hydroxylation is 1. The minimum Gasteiger partial charge on any atom is -0.394 e. The highest BCUT2D eigenvalue weighted by atomic mass is 35.5. The molecule has 0 radical (unpaired) electrons. The summed E-state index contributed by atoms with van der Waals surface area (Å²) in [5, 5.41) is 12.3. The first-order valence-electron chi connectivity index (χ1n) is 3.84. The number of nitrogens with zero attached hydrogens (tertiary/aromatic N) is 6. The number of rotatable bonds is 2. The van der Waals surface area contributed by atoms with Gasteiger partial charge in [0, 0.05) is 7.05 Å². The Kier molecular flexibility index (Phi) is 2.69. The minimum atomic E-state index is 0.225. The van der Waals surface area contributed by atoms with Gasteiger partial charge in [-0.3, -0.25) is 0 Å². The molecule has 0 atom stereocenters. The van der Waals surface area contributed by atoms with Crippen LogP contribution in [-0.4, -0.2) is 30.2 Å². The number of halogens is 1. The summed E-state index contributed by atoms with van der Waals surface area (Å²) in [6.07, 6.45) is 1.34. The van der Waals surface area contributed by atoms with Crippen molar-refractivity contribution in [2.75, 3.05) is 5.73 Å². The number of hydrogen-bond acceptors (Lipinski definition) is 7. The second-order valence-electron chi connectivity index (χ2n) is 2.57. The quantitative estimate of drug-likeness (QED) is 0.762. The number of tetrazole rings is 1. The van der Waals surface area contributed by atoms with Crippen molar-refractivity contribution in [3.63, 3.8) is 0 Å². The highest BCUT2D eigenvalue weighted by Gasteiger charge is 2.11. The Labute approximate surface area is 94.0 Å². The van der Waals surface area contributed by atoms with Crippen LogP contribution in [0.25, 0.3) is 0 Å². The van der Waals surface area contributed by atoms with Gasteiger partial charge >= 0.3 is 0 Å². The Morgan fingerprint density at radius 2 is 2.27 bits per heavy atom. The predicted octanol–water partition coefficient (Wildman–Crippen LogP) is 0.387. The Balaban J connectivity index is 2.33. The van der Waals surface area contributed by atoms with Crippen LogP contribution in [0, 0.1) is 0 Å². The molecule has 7 nitrogen and oxygen atoms in total. The van der Waals surface area contributed by atoms with Gasteiger partial charge in [-0.2, -0.15) is 0 Å². The molecule has 0 aliphatic carbocycles. The van der Waals surface area contributed by atoms with Crippen molar-refractivity contribution in [1.29, 1.82) is 0 Å². The first-order chi connectivity index (χ1) is 7.18. The highest BCUT2D eigenvalue weighted by molar-refractivity contribution is 7.99. The summed E-state index contributed by atoms with van der Waals surface area (Å²) in [6, 6.07) is 0. The van der Waals surface area contributed by atoms with E-state index in [-0.39, 0.29) is 5.15 Å². The SMILES string of the molecule is Cn1nnnc1Sc1ncnc(Cl)c1N. The number of hydrogen-bond donors (Lipinski definition) is 1. The van der Waals surface area contributed by atoms with E-state index < -0.39 is 0 Å². The molecule has 2 heterocycles. The molecule has 2 N–H and O–H groups in total. The van der Waals surface area contributed by atoms with Crippen LogP contribution in [0.15, 0.2) is 16.5 Å². The molecule has 0 unspecified atom stereocenters. The molecule has 0 fully saturated rings. The Morgan fingerprint density at radius 1 is 1.47 bits per heavy atom. The lowest BCUT2D eigenvalue weighted by Crippen LogP contribution is -1.97. The van der Waals surface area contributed by atoms with Gasteiger partial charge < -0.3 is 5.73 Å². The Morgan fingerprint density at radius 3 is 2.93 bits per heavy atom. The molecule has 78 valence electrons. The molecule has 0 bridgehead atoms. The summed E-state index contributed by atoms with van der Waals surface area (Å²) in [4.78, 5) is 7.74. The Bertz CT molecular complexity index is 484. The van der Waals surface area contributed by atoms with E-state index in [1.807, 2.05) is 0 Å². The van der Waals surface area contributed by atoms with Gasteiger partial charge in [-0.05, 0) is 22.2 Å². The zero-order valence-electron chi connectivity index (χ0n) is 7.62. The van der Waals surface area contributed by atoms with E-state index in [2.05, 4.69) is 25.5 Å². The molecular weight excluding hydrogens is 238 g/mol. The van der Waals surface area contributed by atoms with Crippen LogP contribution in [0.3, 0.4) is 0 Å². The Hall–Kier alpha value is -1.41. The van der Waals surface area contributed by atoms with E-state index >= 15 is 0 Å². The third-order valence-electron chi connectivity index (χ3n) is 1.57. The summed E-state index contributed by atoms with van der Waals surface area (Å²) in [6.45, 7) is 0. The molecule has 9 heteroatoms. The molecule has 15 heavy (non-hydrogen) atoms. The first-order valence-corrected chi connectivity index (χ1v) is 5.04. The summed E-state index contributed by atoms with van der Waals surface area (Å²) in [7, 11) is 1.72. The average molecular weight is 244 g/mol. The van der Waals surface area contributed by atoms with Crippen LogP contribution in [-0.2, 0) is 7.05 Å². The summed E-state index contributed by atoms with van der Waals surface area (Å²) in [5.74, 6) is 0. The van der Waals surface area contributed by atoms with E-state index in [0.29, 0.717) is 15.9 Å². The monoisotopic (exact) mass is 243 g/mol. The molecule has 2 aromatic heterocycles. The molecule has 0 saturated carbocycles. The fourth-order valence-corrected chi connectivity index (χ4v) is 1.75. The molecule has 0 spiro atoms. The second-order valence-corrected chi connectivity index (χ2v) is 3.88. The lowest BCUT2D eigenvalue weighted by Gasteiger charge is -2.02. The summed E-state index contributed by atoms with van der Waals surface area (Å²) < 4.78 is 1.51. The van der Waals surface area contributed by atoms with Gasteiger partial charge in [0.1, 0.15) is 17.0 Å². The van der Waals surface area contributed by atoms with Gasteiger partial charge in [0.05, 0.1) is 0 Å². The van der Waals surface area contributed by atoms with E-state index in [9.17, 15) is 0 Å². The first kappa shape index (κ1) is 10.1. The van der Waals surface area contributed by atoms with Gasteiger partial charge in [0.15, 0.2) is 5.15 Å². The topological polar surface area (TPSA) is 95.4 Å². The maximum Gasteiger partial charge on any atom is 0.215 e. The highest BCUT2D eigenvalue weighted by Crippen LogP contribution is 2.30. The number of nitrogen functional groups attached to an aromatic ring is 1. The maximum atomic E-state index is 5.75. The van der Waals surface area contributed by atoms with Crippen molar-refractivity contribution in [3.05, 3.63) is 11.5 Å². The van der Waals surface area contributed by atoms with E-state index in [1.165, 1.54) is 22.8 Å². The molecule has 2 aromatic rings. The standard InChI is InChI=1S/C6H6ClN7S/c1-14-6(11-12-13-14)15-5-3(8)4(7)9-2-10-5/h2H,8H2,1H3. The number of anilines is 1. The van der Waals surface area contributed by atoms with Crippen LogP contribution in [0.5, 0.6) is 0 Å². The van der Waals surface area contributed by atoms with Crippen molar-refractivity contribution in [3.8, 4) is 0 Å². The number of aromatic nitrogens is 6. The molecule has 0 aromatic carbocycles. The van der Waals surface area contributed by atoms with Crippen molar-refractivity contribution in [1.82, 2.24) is 30.2 Å². The van der Waals surface area contributed by atoms with Gasteiger partial charge in [-0.1, -0.05) is 11.6 Å². The third-order valence-corrected chi connectivity index (χ3v) is 2.92. The fraction of sp³-hybridized carbons (Fsp3) is 0.167. The van der Waals surface area contributed by atoms with Crippen LogP contribution >= 0.6 is 23.4 Å². The molecular formula is C6H6ClN7S. The van der Waals surface area contributed by atoms with E-state index in [1.54, 1.807) is 7.05 Å². The van der Waals surface area contributed by atoms with Crippen molar-refractivity contribution in [2.24, 2.45) is 7.05 Å². The van der Waals surface area contributed by atoms with Crippen LogP contribution in [0.1, 0.15) is 0 Å². The van der Waals surface area contributed by atoms with Gasteiger partial charge in [-0.25, -0.2) is 14.6 Å². The zero-order valence-corrected chi connectivity index (χ0v) is 9.20. The maximum absolute atomic E-state index is 5.75. The van der Waals surface area contributed by atoms with Crippen molar-refractivity contribution in [2.45, 2.75) is 10.2 Å². The minimum absolute atomic E-state index is 0.225. The van der Waals surface area contributed by atoms with Gasteiger partial charge in [0.2, 0.25) is 5.16 Å². The second kappa shape index (κ2) is 3.99. The fourth-order valence-electron chi connectivity index (χ4n) is 0.835.